The molecule has 0 unspecified atom stereocenters. The summed E-state index contributed by atoms with van der Waals surface area (Å²) in [6.07, 6.45) is 0. The standard InChI is InChI=1S/C23H22N2O5S/c1-16-7-4-5-10-21(16)25(2)31(28,29)20-9-6-8-18(15-20)22(26)24-19-13-11-17(12-14-19)23(27)30-3/h4-15H,1-3H3,(H,24,26). The van der Waals surface area contributed by atoms with Gasteiger partial charge in [0.2, 0.25) is 0 Å². The SMILES string of the molecule is COC(=O)c1ccc(NC(=O)c2cccc(S(=O)(=O)N(C)c3ccccc3C)c2)cc1. The van der Waals surface area contributed by atoms with E-state index < -0.39 is 21.9 Å². The van der Waals surface area contributed by atoms with Gasteiger partial charge in [0.25, 0.3) is 15.9 Å². The monoisotopic (exact) mass is 438 g/mol. The van der Waals surface area contributed by atoms with Crippen LogP contribution in [-0.2, 0) is 14.8 Å². The predicted molar refractivity (Wildman–Crippen MR) is 119 cm³/mol. The van der Waals surface area contributed by atoms with E-state index in [-0.39, 0.29) is 10.5 Å². The molecule has 0 spiro atoms. The van der Waals surface area contributed by atoms with Crippen LogP contribution in [0.5, 0.6) is 0 Å². The van der Waals surface area contributed by atoms with Crippen molar-refractivity contribution in [3.63, 3.8) is 0 Å². The number of anilines is 2. The van der Waals surface area contributed by atoms with Crippen LogP contribution in [-0.4, -0.2) is 34.5 Å². The fourth-order valence-electron chi connectivity index (χ4n) is 3.01. The Labute approximate surface area is 181 Å². The number of aryl methyl sites for hydroxylation is 1. The van der Waals surface area contributed by atoms with Crippen LogP contribution >= 0.6 is 0 Å². The second-order valence-electron chi connectivity index (χ2n) is 6.81. The minimum Gasteiger partial charge on any atom is -0.465 e. The third kappa shape index (κ3) is 4.75. The Kier molecular flexibility index (Phi) is 6.41. The zero-order valence-corrected chi connectivity index (χ0v) is 18.1. The molecule has 0 aromatic heterocycles. The molecule has 3 aromatic carbocycles. The smallest absolute Gasteiger partial charge is 0.337 e. The van der Waals surface area contributed by atoms with E-state index in [0.717, 1.165) is 5.56 Å². The molecule has 0 atom stereocenters. The van der Waals surface area contributed by atoms with Gasteiger partial charge in [-0.3, -0.25) is 9.10 Å². The van der Waals surface area contributed by atoms with Crippen LogP contribution in [0, 0.1) is 6.92 Å². The third-order valence-corrected chi connectivity index (χ3v) is 6.54. The van der Waals surface area contributed by atoms with Crippen molar-refractivity contribution in [1.82, 2.24) is 0 Å². The predicted octanol–water partition coefficient (Wildman–Crippen LogP) is 3.86. The van der Waals surface area contributed by atoms with Crippen molar-refractivity contribution in [3.8, 4) is 0 Å². The minimum absolute atomic E-state index is 0.00643. The second kappa shape index (κ2) is 9.01. The molecular formula is C23H22N2O5S. The number of para-hydroxylation sites is 1. The maximum Gasteiger partial charge on any atom is 0.337 e. The summed E-state index contributed by atoms with van der Waals surface area (Å²) in [5, 5.41) is 2.69. The van der Waals surface area contributed by atoms with Gasteiger partial charge in [0, 0.05) is 18.3 Å². The lowest BCUT2D eigenvalue weighted by Gasteiger charge is -2.21. The second-order valence-corrected chi connectivity index (χ2v) is 8.78. The molecule has 8 heteroatoms. The number of carbonyl (C=O) groups excluding carboxylic acids is 2. The van der Waals surface area contributed by atoms with Crippen LogP contribution in [0.3, 0.4) is 0 Å². The first-order valence-corrected chi connectivity index (χ1v) is 10.8. The summed E-state index contributed by atoms with van der Waals surface area (Å²) in [4.78, 5) is 24.2. The summed E-state index contributed by atoms with van der Waals surface area (Å²) in [5.74, 6) is -0.949. The molecule has 0 heterocycles. The molecule has 31 heavy (non-hydrogen) atoms. The summed E-state index contributed by atoms with van der Waals surface area (Å²) < 4.78 is 32.0. The number of benzene rings is 3. The quantitative estimate of drug-likeness (QED) is 0.590. The van der Waals surface area contributed by atoms with Crippen LogP contribution < -0.4 is 9.62 Å². The van der Waals surface area contributed by atoms with Crippen molar-refractivity contribution in [1.29, 1.82) is 0 Å². The summed E-state index contributed by atoms with van der Waals surface area (Å²) in [5.41, 5.74) is 2.38. The van der Waals surface area contributed by atoms with Gasteiger partial charge in [0.15, 0.2) is 0 Å². The number of carbonyl (C=O) groups is 2. The molecule has 7 nitrogen and oxygen atoms in total. The number of hydrogen-bond donors (Lipinski definition) is 1. The molecule has 3 rings (SSSR count). The first-order valence-electron chi connectivity index (χ1n) is 9.38. The number of ether oxygens (including phenoxy) is 1. The maximum absolute atomic E-state index is 13.1. The number of rotatable bonds is 6. The number of methoxy groups -OCH3 is 1. The molecule has 0 aliphatic heterocycles. The van der Waals surface area contributed by atoms with E-state index in [9.17, 15) is 18.0 Å². The van der Waals surface area contributed by atoms with E-state index >= 15 is 0 Å². The average molecular weight is 439 g/mol. The van der Waals surface area contributed by atoms with Gasteiger partial charge in [-0.15, -0.1) is 0 Å². The fraction of sp³-hybridized carbons (Fsp3) is 0.130. The highest BCUT2D eigenvalue weighted by Gasteiger charge is 2.23. The lowest BCUT2D eigenvalue weighted by atomic mass is 10.2. The van der Waals surface area contributed by atoms with E-state index in [1.54, 1.807) is 24.3 Å². The highest BCUT2D eigenvalue weighted by molar-refractivity contribution is 7.92. The van der Waals surface area contributed by atoms with Gasteiger partial charge in [0.1, 0.15) is 0 Å². The molecule has 0 aliphatic rings. The van der Waals surface area contributed by atoms with Crippen LogP contribution in [0.1, 0.15) is 26.3 Å². The topological polar surface area (TPSA) is 92.8 Å². The molecule has 160 valence electrons. The minimum atomic E-state index is -3.86. The van der Waals surface area contributed by atoms with Gasteiger partial charge >= 0.3 is 5.97 Å². The number of sulfonamides is 1. The van der Waals surface area contributed by atoms with E-state index in [4.69, 9.17) is 0 Å². The first-order chi connectivity index (χ1) is 14.7. The number of nitrogens with one attached hydrogen (secondary N) is 1. The zero-order valence-electron chi connectivity index (χ0n) is 17.3. The number of nitrogens with zero attached hydrogens (tertiary/aromatic N) is 1. The normalized spacial score (nSPS) is 10.9. The third-order valence-electron chi connectivity index (χ3n) is 4.77. The van der Waals surface area contributed by atoms with Crippen molar-refractivity contribution in [2.45, 2.75) is 11.8 Å². The van der Waals surface area contributed by atoms with Crippen LogP contribution in [0.25, 0.3) is 0 Å². The highest BCUT2D eigenvalue weighted by Crippen LogP contribution is 2.25. The molecule has 0 saturated carbocycles. The molecule has 3 aromatic rings. The molecule has 0 radical (unpaired) electrons. The largest absolute Gasteiger partial charge is 0.465 e. The van der Waals surface area contributed by atoms with Crippen molar-refractivity contribution in [2.24, 2.45) is 0 Å². The Morgan fingerprint density at radius 2 is 1.58 bits per heavy atom. The lowest BCUT2D eigenvalue weighted by Crippen LogP contribution is -2.27. The first kappa shape index (κ1) is 22.0. The molecule has 0 fully saturated rings. The van der Waals surface area contributed by atoms with Crippen molar-refractivity contribution in [2.75, 3.05) is 23.8 Å². The Balaban J connectivity index is 1.83. The Morgan fingerprint density at radius 3 is 2.23 bits per heavy atom. The molecule has 0 saturated heterocycles. The van der Waals surface area contributed by atoms with Crippen LogP contribution in [0.4, 0.5) is 11.4 Å². The van der Waals surface area contributed by atoms with E-state index in [1.807, 2.05) is 19.1 Å². The maximum atomic E-state index is 13.1. The van der Waals surface area contributed by atoms with Gasteiger partial charge in [-0.1, -0.05) is 24.3 Å². The highest BCUT2D eigenvalue weighted by atomic mass is 32.2. The summed E-state index contributed by atoms with van der Waals surface area (Å²) in [6.45, 7) is 1.83. The van der Waals surface area contributed by atoms with Gasteiger partial charge < -0.3 is 10.1 Å². The van der Waals surface area contributed by atoms with E-state index in [2.05, 4.69) is 10.1 Å². The van der Waals surface area contributed by atoms with Gasteiger partial charge in [-0.2, -0.15) is 0 Å². The molecule has 0 bridgehead atoms. The Bertz CT molecular complexity index is 1220. The lowest BCUT2D eigenvalue weighted by molar-refractivity contribution is 0.0600. The number of esters is 1. The van der Waals surface area contributed by atoms with E-state index in [0.29, 0.717) is 16.9 Å². The number of amides is 1. The fourth-order valence-corrected chi connectivity index (χ4v) is 4.32. The van der Waals surface area contributed by atoms with Gasteiger partial charge in [-0.05, 0) is 61.0 Å². The van der Waals surface area contributed by atoms with E-state index in [1.165, 1.54) is 54.9 Å². The van der Waals surface area contributed by atoms with Crippen molar-refractivity contribution < 1.29 is 22.7 Å². The molecule has 1 N–H and O–H groups in total. The average Bonchev–Trinajstić information content (AvgIpc) is 2.79. The van der Waals surface area contributed by atoms with Gasteiger partial charge in [0.05, 0.1) is 23.3 Å². The Morgan fingerprint density at radius 1 is 0.903 bits per heavy atom. The molecule has 0 aliphatic carbocycles. The van der Waals surface area contributed by atoms with Crippen LogP contribution in [0.15, 0.2) is 77.7 Å². The summed E-state index contributed by atoms with van der Waals surface area (Å²) >= 11 is 0. The van der Waals surface area contributed by atoms with Crippen molar-refractivity contribution >= 4 is 33.3 Å². The Hall–Kier alpha value is -3.65. The van der Waals surface area contributed by atoms with Gasteiger partial charge in [-0.25, -0.2) is 13.2 Å². The van der Waals surface area contributed by atoms with Crippen LogP contribution in [0.2, 0.25) is 0 Å². The van der Waals surface area contributed by atoms with Crippen molar-refractivity contribution in [3.05, 3.63) is 89.5 Å². The zero-order chi connectivity index (χ0) is 22.6. The summed E-state index contributed by atoms with van der Waals surface area (Å²) in [7, 11) is -1.09. The molecule has 1 amide bonds. The molecular weight excluding hydrogens is 416 g/mol. The summed E-state index contributed by atoms with van der Waals surface area (Å²) in [6, 6.07) is 19.2. The number of hydrogen-bond acceptors (Lipinski definition) is 5.